The average molecular weight is 294 g/mol. The quantitative estimate of drug-likeness (QED) is 0.617. The van der Waals surface area contributed by atoms with Crippen LogP contribution < -0.4 is 10.6 Å². The average Bonchev–Trinajstić information content (AvgIpc) is 2.94. The monoisotopic (exact) mass is 294 g/mol. The number of carbonyl (C=O) groups is 2. The maximum absolute atomic E-state index is 11.7. The van der Waals surface area contributed by atoms with Gasteiger partial charge in [0.05, 0.1) is 5.69 Å². The van der Waals surface area contributed by atoms with E-state index < -0.39 is 17.7 Å². The van der Waals surface area contributed by atoms with Crippen molar-refractivity contribution in [2.75, 3.05) is 25.1 Å². The first kappa shape index (κ1) is 15.1. The van der Waals surface area contributed by atoms with Crippen LogP contribution in [0.5, 0.6) is 5.75 Å². The van der Waals surface area contributed by atoms with E-state index >= 15 is 0 Å². The van der Waals surface area contributed by atoms with Gasteiger partial charge >= 0.3 is 12.0 Å². The van der Waals surface area contributed by atoms with Gasteiger partial charge in [0.15, 0.2) is 5.75 Å². The molecule has 0 saturated carbocycles. The fraction of sp³-hybridized carbons (Fsp3) is 0.429. The maximum atomic E-state index is 11.7. The van der Waals surface area contributed by atoms with E-state index in [0.29, 0.717) is 12.5 Å². The molecule has 2 amide bonds. The second kappa shape index (κ2) is 6.94. The lowest BCUT2D eigenvalue weighted by molar-refractivity contribution is 0.0693. The lowest BCUT2D eigenvalue weighted by Gasteiger charge is -2.11. The number of para-hydroxylation sites is 1. The summed E-state index contributed by atoms with van der Waals surface area (Å²) in [6, 6.07) is 3.67. The Labute approximate surface area is 121 Å². The number of urea groups is 1. The number of hydrogen-bond donors (Lipinski definition) is 4. The molecule has 1 aromatic rings. The number of carboxylic acid groups (broad SMARTS) is 1. The Bertz CT molecular complexity index is 526. The molecule has 1 fully saturated rings. The first-order chi connectivity index (χ1) is 10.1. The first-order valence-corrected chi connectivity index (χ1v) is 6.76. The second-order valence-electron chi connectivity index (χ2n) is 4.91. The summed E-state index contributed by atoms with van der Waals surface area (Å²) in [5, 5.41) is 23.8. The van der Waals surface area contributed by atoms with Crippen molar-refractivity contribution >= 4 is 17.7 Å². The smallest absolute Gasteiger partial charge is 0.339 e. The molecule has 1 saturated heterocycles. The van der Waals surface area contributed by atoms with Gasteiger partial charge in [-0.1, -0.05) is 6.07 Å². The highest BCUT2D eigenvalue weighted by Crippen LogP contribution is 2.27. The fourth-order valence-corrected chi connectivity index (χ4v) is 2.18. The normalized spacial score (nSPS) is 17.4. The van der Waals surface area contributed by atoms with E-state index in [1.807, 2.05) is 0 Å². The summed E-state index contributed by atoms with van der Waals surface area (Å²) < 4.78 is 5.24. The van der Waals surface area contributed by atoms with E-state index in [4.69, 9.17) is 9.84 Å². The molecule has 4 N–H and O–H groups in total. The molecular weight excluding hydrogens is 276 g/mol. The zero-order chi connectivity index (χ0) is 15.2. The number of nitrogens with one attached hydrogen (secondary N) is 2. The Kier molecular flexibility index (Phi) is 4.99. The number of ether oxygens (including phenoxy) is 1. The van der Waals surface area contributed by atoms with Gasteiger partial charge in [-0.15, -0.1) is 0 Å². The Balaban J connectivity index is 1.84. The van der Waals surface area contributed by atoms with Crippen LogP contribution >= 0.6 is 0 Å². The minimum absolute atomic E-state index is 0.0663. The van der Waals surface area contributed by atoms with Crippen LogP contribution in [0, 0.1) is 5.92 Å². The van der Waals surface area contributed by atoms with Gasteiger partial charge in [-0.3, -0.25) is 0 Å². The number of carbonyl (C=O) groups excluding carboxylic acids is 1. The predicted octanol–water partition coefficient (Wildman–Crippen LogP) is 1.64. The topological polar surface area (TPSA) is 108 Å². The van der Waals surface area contributed by atoms with Crippen LogP contribution in [0.25, 0.3) is 0 Å². The van der Waals surface area contributed by atoms with Crippen LogP contribution in [0.15, 0.2) is 18.2 Å². The summed E-state index contributed by atoms with van der Waals surface area (Å²) in [5.74, 6) is -1.24. The third kappa shape index (κ3) is 4.09. The van der Waals surface area contributed by atoms with E-state index in [2.05, 4.69) is 10.6 Å². The summed E-state index contributed by atoms with van der Waals surface area (Å²) in [4.78, 5) is 22.6. The molecule has 0 bridgehead atoms. The van der Waals surface area contributed by atoms with E-state index in [-0.39, 0.29) is 11.3 Å². The molecule has 7 nitrogen and oxygen atoms in total. The molecule has 1 aliphatic heterocycles. The number of phenols is 1. The van der Waals surface area contributed by atoms with E-state index in [1.54, 1.807) is 0 Å². The molecular formula is C14H18N2O5. The summed E-state index contributed by atoms with van der Waals surface area (Å²) in [7, 11) is 0. The number of hydrogen-bond acceptors (Lipinski definition) is 4. The summed E-state index contributed by atoms with van der Waals surface area (Å²) in [6.07, 6.45) is 1.83. The van der Waals surface area contributed by atoms with Crippen molar-refractivity contribution in [3.8, 4) is 5.75 Å². The van der Waals surface area contributed by atoms with Gasteiger partial charge in [0.1, 0.15) is 5.56 Å². The fourth-order valence-electron chi connectivity index (χ4n) is 2.18. The largest absolute Gasteiger partial charge is 0.505 e. The Morgan fingerprint density at radius 2 is 2.19 bits per heavy atom. The molecule has 7 heteroatoms. The summed E-state index contributed by atoms with van der Waals surface area (Å²) in [6.45, 7) is 2.00. The Morgan fingerprint density at radius 3 is 2.86 bits per heavy atom. The number of amides is 2. The van der Waals surface area contributed by atoms with E-state index in [0.717, 1.165) is 26.1 Å². The van der Waals surface area contributed by atoms with Gasteiger partial charge in [0.2, 0.25) is 0 Å². The Hall–Kier alpha value is -2.28. The highest BCUT2D eigenvalue weighted by atomic mass is 16.5. The summed E-state index contributed by atoms with van der Waals surface area (Å²) in [5.41, 5.74) is -0.187. The van der Waals surface area contributed by atoms with Crippen LogP contribution in [0.2, 0.25) is 0 Å². The highest BCUT2D eigenvalue weighted by molar-refractivity contribution is 5.97. The van der Waals surface area contributed by atoms with Crippen molar-refractivity contribution in [3.05, 3.63) is 23.8 Å². The highest BCUT2D eigenvalue weighted by Gasteiger charge is 2.16. The minimum Gasteiger partial charge on any atom is -0.505 e. The van der Waals surface area contributed by atoms with Crippen molar-refractivity contribution < 1.29 is 24.5 Å². The number of rotatable bonds is 5. The molecule has 1 unspecified atom stereocenters. The third-order valence-corrected chi connectivity index (χ3v) is 3.38. The lowest BCUT2D eigenvalue weighted by atomic mass is 10.1. The molecule has 21 heavy (non-hydrogen) atoms. The van der Waals surface area contributed by atoms with Crippen molar-refractivity contribution in [2.45, 2.75) is 12.8 Å². The predicted molar refractivity (Wildman–Crippen MR) is 75.6 cm³/mol. The molecule has 114 valence electrons. The summed E-state index contributed by atoms with van der Waals surface area (Å²) >= 11 is 0. The molecule has 0 radical (unpaired) electrons. The molecule has 1 atom stereocenters. The number of anilines is 1. The molecule has 1 heterocycles. The SMILES string of the molecule is O=C(NCCC1CCOC1)Nc1cccc(C(=O)O)c1O. The molecule has 1 aromatic carbocycles. The van der Waals surface area contributed by atoms with Gasteiger partial charge in [-0.25, -0.2) is 9.59 Å². The van der Waals surface area contributed by atoms with Gasteiger partial charge < -0.3 is 25.6 Å². The second-order valence-corrected chi connectivity index (χ2v) is 4.91. The first-order valence-electron chi connectivity index (χ1n) is 6.76. The van der Waals surface area contributed by atoms with Crippen molar-refractivity contribution in [3.63, 3.8) is 0 Å². The van der Waals surface area contributed by atoms with Gasteiger partial charge in [-0.2, -0.15) is 0 Å². The molecule has 0 aromatic heterocycles. The maximum Gasteiger partial charge on any atom is 0.339 e. The zero-order valence-corrected chi connectivity index (χ0v) is 11.5. The van der Waals surface area contributed by atoms with E-state index in [9.17, 15) is 14.7 Å². The van der Waals surface area contributed by atoms with Gasteiger partial charge in [0.25, 0.3) is 0 Å². The molecule has 1 aliphatic rings. The molecule has 0 aliphatic carbocycles. The molecule has 0 spiro atoms. The van der Waals surface area contributed by atoms with Crippen LogP contribution in [0.1, 0.15) is 23.2 Å². The standard InChI is InChI=1S/C14H18N2O5/c17-12-10(13(18)19)2-1-3-11(12)16-14(20)15-6-4-9-5-7-21-8-9/h1-3,9,17H,4-8H2,(H,18,19)(H2,15,16,20). The van der Waals surface area contributed by atoms with Crippen molar-refractivity contribution in [1.82, 2.24) is 5.32 Å². The minimum atomic E-state index is -1.25. The number of aromatic carboxylic acids is 1. The van der Waals surface area contributed by atoms with Crippen LogP contribution in [0.3, 0.4) is 0 Å². The van der Waals surface area contributed by atoms with Gasteiger partial charge in [-0.05, 0) is 30.9 Å². The van der Waals surface area contributed by atoms with Crippen LogP contribution in [-0.4, -0.2) is 42.0 Å². The molecule has 2 rings (SSSR count). The lowest BCUT2D eigenvalue weighted by Crippen LogP contribution is -2.30. The van der Waals surface area contributed by atoms with Gasteiger partial charge in [0, 0.05) is 19.8 Å². The van der Waals surface area contributed by atoms with Crippen LogP contribution in [-0.2, 0) is 4.74 Å². The van der Waals surface area contributed by atoms with E-state index in [1.165, 1.54) is 18.2 Å². The van der Waals surface area contributed by atoms with Crippen LogP contribution in [0.4, 0.5) is 10.5 Å². The van der Waals surface area contributed by atoms with Crippen molar-refractivity contribution in [1.29, 1.82) is 0 Å². The number of carboxylic acids is 1. The number of aromatic hydroxyl groups is 1. The van der Waals surface area contributed by atoms with Crippen molar-refractivity contribution in [2.24, 2.45) is 5.92 Å². The number of benzene rings is 1. The Morgan fingerprint density at radius 1 is 1.38 bits per heavy atom. The zero-order valence-electron chi connectivity index (χ0n) is 11.5. The third-order valence-electron chi connectivity index (χ3n) is 3.38.